The van der Waals surface area contributed by atoms with Gasteiger partial charge in [-0.2, -0.15) is 0 Å². The average molecular weight is 332 g/mol. The predicted molar refractivity (Wildman–Crippen MR) is 75.4 cm³/mol. The highest BCUT2D eigenvalue weighted by atomic mass is 79.9. The van der Waals surface area contributed by atoms with Gasteiger partial charge in [-0.05, 0) is 30.2 Å². The first-order valence-electron chi connectivity index (χ1n) is 5.24. The number of hydrogen-bond acceptors (Lipinski definition) is 2. The van der Waals surface area contributed by atoms with E-state index in [0.717, 1.165) is 11.6 Å². The molecule has 0 saturated carbocycles. The van der Waals surface area contributed by atoms with E-state index < -0.39 is 5.97 Å². The molecule has 1 aromatic rings. The first kappa shape index (κ1) is 14.9. The van der Waals surface area contributed by atoms with Gasteiger partial charge in [0.1, 0.15) is 0 Å². The SMILES string of the molecule is CC(Br)C(=O)c1cc(CCl)ccc1C=CC(=O)O. The lowest BCUT2D eigenvalue weighted by molar-refractivity contribution is -0.131. The lowest BCUT2D eigenvalue weighted by Crippen LogP contribution is -2.12. The number of carbonyl (C=O) groups excluding carboxylic acids is 1. The molecule has 0 heterocycles. The van der Waals surface area contributed by atoms with Crippen LogP contribution in [0.15, 0.2) is 24.3 Å². The van der Waals surface area contributed by atoms with E-state index >= 15 is 0 Å². The minimum Gasteiger partial charge on any atom is -0.478 e. The van der Waals surface area contributed by atoms with Gasteiger partial charge in [-0.15, -0.1) is 11.6 Å². The summed E-state index contributed by atoms with van der Waals surface area (Å²) < 4.78 is 0. The van der Waals surface area contributed by atoms with Crippen LogP contribution in [0.2, 0.25) is 0 Å². The lowest BCUT2D eigenvalue weighted by Gasteiger charge is -2.08. The number of Topliss-reactive ketones (excluding diaryl/α,β-unsaturated/α-hetero) is 1. The molecule has 0 aliphatic carbocycles. The van der Waals surface area contributed by atoms with E-state index in [4.69, 9.17) is 16.7 Å². The second kappa shape index (κ2) is 6.71. The first-order chi connectivity index (χ1) is 8.45. The van der Waals surface area contributed by atoms with Crippen molar-refractivity contribution in [1.82, 2.24) is 0 Å². The van der Waals surface area contributed by atoms with Gasteiger partial charge in [0.05, 0.1) is 4.83 Å². The van der Waals surface area contributed by atoms with Crippen LogP contribution in [0.3, 0.4) is 0 Å². The fourth-order valence-electron chi connectivity index (χ4n) is 1.42. The third-order valence-electron chi connectivity index (χ3n) is 2.30. The van der Waals surface area contributed by atoms with Gasteiger partial charge in [-0.3, -0.25) is 4.79 Å². The molecule has 0 amide bonds. The van der Waals surface area contributed by atoms with Gasteiger partial charge in [0, 0.05) is 17.5 Å². The lowest BCUT2D eigenvalue weighted by atomic mass is 9.99. The summed E-state index contributed by atoms with van der Waals surface area (Å²) in [5.41, 5.74) is 1.86. The van der Waals surface area contributed by atoms with Crippen molar-refractivity contribution in [3.63, 3.8) is 0 Å². The van der Waals surface area contributed by atoms with Crippen LogP contribution in [0, 0.1) is 0 Å². The Morgan fingerprint density at radius 2 is 2.17 bits per heavy atom. The van der Waals surface area contributed by atoms with Crippen LogP contribution in [0.5, 0.6) is 0 Å². The van der Waals surface area contributed by atoms with Crippen molar-refractivity contribution < 1.29 is 14.7 Å². The molecule has 0 aromatic heterocycles. The molecule has 18 heavy (non-hydrogen) atoms. The number of carbonyl (C=O) groups is 2. The first-order valence-corrected chi connectivity index (χ1v) is 6.69. The topological polar surface area (TPSA) is 54.4 Å². The van der Waals surface area contributed by atoms with Crippen molar-refractivity contribution in [1.29, 1.82) is 0 Å². The molecule has 0 aliphatic heterocycles. The summed E-state index contributed by atoms with van der Waals surface area (Å²) in [6, 6.07) is 5.15. The van der Waals surface area contributed by atoms with Gasteiger partial charge in [0.25, 0.3) is 0 Å². The van der Waals surface area contributed by atoms with Crippen molar-refractivity contribution >= 4 is 45.4 Å². The van der Waals surface area contributed by atoms with Crippen LogP contribution in [-0.4, -0.2) is 21.7 Å². The van der Waals surface area contributed by atoms with Crippen LogP contribution < -0.4 is 0 Å². The molecule has 1 aromatic carbocycles. The van der Waals surface area contributed by atoms with Gasteiger partial charge in [-0.25, -0.2) is 4.79 Å². The molecule has 0 spiro atoms. The van der Waals surface area contributed by atoms with Crippen LogP contribution in [0.4, 0.5) is 0 Å². The molecule has 96 valence electrons. The Hall–Kier alpha value is -1.13. The maximum absolute atomic E-state index is 12.0. The Morgan fingerprint density at radius 1 is 1.50 bits per heavy atom. The van der Waals surface area contributed by atoms with Gasteiger partial charge >= 0.3 is 5.97 Å². The Kier molecular flexibility index (Phi) is 5.56. The molecule has 1 N–H and O–H groups in total. The number of halogens is 2. The smallest absolute Gasteiger partial charge is 0.328 e. The number of aliphatic carboxylic acids is 1. The van der Waals surface area contributed by atoms with E-state index in [0.29, 0.717) is 17.0 Å². The Bertz CT molecular complexity index is 495. The fraction of sp³-hybridized carbons (Fsp3) is 0.231. The number of benzene rings is 1. The van der Waals surface area contributed by atoms with E-state index in [2.05, 4.69) is 15.9 Å². The van der Waals surface area contributed by atoms with Crippen molar-refractivity contribution in [2.75, 3.05) is 0 Å². The summed E-state index contributed by atoms with van der Waals surface area (Å²) in [5, 5.41) is 8.61. The zero-order valence-electron chi connectivity index (χ0n) is 9.69. The van der Waals surface area contributed by atoms with Crippen molar-refractivity contribution in [3.05, 3.63) is 41.0 Å². The monoisotopic (exact) mass is 330 g/mol. The predicted octanol–water partition coefficient (Wildman–Crippen LogP) is 3.49. The minimum atomic E-state index is -1.05. The summed E-state index contributed by atoms with van der Waals surface area (Å²) >= 11 is 8.94. The summed E-state index contributed by atoms with van der Waals surface area (Å²) in [7, 11) is 0. The normalized spacial score (nSPS) is 12.6. The highest BCUT2D eigenvalue weighted by Crippen LogP contribution is 2.19. The molecule has 0 bridgehead atoms. The van der Waals surface area contributed by atoms with Crippen LogP contribution in [0.1, 0.15) is 28.4 Å². The summed E-state index contributed by atoms with van der Waals surface area (Å²) in [4.78, 5) is 22.2. The molecule has 0 radical (unpaired) electrons. The van der Waals surface area contributed by atoms with E-state index in [1.807, 2.05) is 0 Å². The Morgan fingerprint density at radius 3 is 2.67 bits per heavy atom. The number of carboxylic acids is 1. The molecule has 0 aliphatic rings. The third kappa shape index (κ3) is 3.96. The van der Waals surface area contributed by atoms with Crippen molar-refractivity contribution in [2.45, 2.75) is 17.6 Å². The third-order valence-corrected chi connectivity index (χ3v) is 3.03. The highest BCUT2D eigenvalue weighted by molar-refractivity contribution is 9.10. The van der Waals surface area contributed by atoms with Crippen LogP contribution in [-0.2, 0) is 10.7 Å². The average Bonchev–Trinajstić information content (AvgIpc) is 2.35. The summed E-state index contributed by atoms with van der Waals surface area (Å²) in [5.74, 6) is -0.853. The molecular formula is C13H12BrClO3. The van der Waals surface area contributed by atoms with E-state index in [9.17, 15) is 9.59 Å². The van der Waals surface area contributed by atoms with E-state index in [-0.39, 0.29) is 10.6 Å². The van der Waals surface area contributed by atoms with Crippen molar-refractivity contribution in [2.24, 2.45) is 0 Å². The Labute approximate surface area is 119 Å². The molecule has 3 nitrogen and oxygen atoms in total. The minimum absolute atomic E-state index is 0.105. The van der Waals surface area contributed by atoms with E-state index in [1.54, 1.807) is 25.1 Å². The van der Waals surface area contributed by atoms with Crippen LogP contribution in [0.25, 0.3) is 6.08 Å². The maximum Gasteiger partial charge on any atom is 0.328 e. The number of hydrogen-bond donors (Lipinski definition) is 1. The largest absolute Gasteiger partial charge is 0.478 e. The second-order valence-electron chi connectivity index (χ2n) is 3.71. The number of alkyl halides is 2. The quantitative estimate of drug-likeness (QED) is 0.510. The zero-order chi connectivity index (χ0) is 13.7. The summed E-state index contributed by atoms with van der Waals surface area (Å²) in [6.45, 7) is 1.72. The van der Waals surface area contributed by atoms with Gasteiger partial charge in [-0.1, -0.05) is 28.1 Å². The number of ketones is 1. The molecule has 0 fully saturated rings. The molecule has 1 atom stereocenters. The fourth-order valence-corrected chi connectivity index (χ4v) is 1.83. The van der Waals surface area contributed by atoms with Gasteiger partial charge in [0.2, 0.25) is 0 Å². The van der Waals surface area contributed by atoms with Crippen LogP contribution >= 0.6 is 27.5 Å². The number of carboxylic acid groups (broad SMARTS) is 1. The maximum atomic E-state index is 12.0. The molecule has 1 unspecified atom stereocenters. The highest BCUT2D eigenvalue weighted by Gasteiger charge is 2.15. The molecule has 5 heteroatoms. The zero-order valence-corrected chi connectivity index (χ0v) is 12.0. The molecule has 1 rings (SSSR count). The summed E-state index contributed by atoms with van der Waals surface area (Å²) in [6.07, 6.45) is 2.41. The van der Waals surface area contributed by atoms with Crippen molar-refractivity contribution in [3.8, 4) is 0 Å². The second-order valence-corrected chi connectivity index (χ2v) is 5.35. The van der Waals surface area contributed by atoms with Gasteiger partial charge in [0.15, 0.2) is 5.78 Å². The van der Waals surface area contributed by atoms with Gasteiger partial charge < -0.3 is 5.11 Å². The van der Waals surface area contributed by atoms with E-state index in [1.165, 1.54) is 6.08 Å². The number of rotatable bonds is 5. The molecular weight excluding hydrogens is 319 g/mol. The molecule has 0 saturated heterocycles. The standard InChI is InChI=1S/C13H12BrClO3/c1-8(14)13(18)11-6-9(7-15)2-3-10(11)4-5-12(16)17/h2-6,8H,7H2,1H3,(H,16,17). The Balaban J connectivity index is 3.24.